The molecule has 0 unspecified atom stereocenters. The van der Waals surface area contributed by atoms with Gasteiger partial charge in [-0.05, 0) is 49.4 Å². The Labute approximate surface area is 174 Å². The lowest BCUT2D eigenvalue weighted by Crippen LogP contribution is -2.48. The number of nitrogens with zero attached hydrogens (tertiary/aromatic N) is 3. The molecule has 1 aliphatic rings. The summed E-state index contributed by atoms with van der Waals surface area (Å²) in [4.78, 5) is 7.14. The van der Waals surface area contributed by atoms with E-state index in [4.69, 9.17) is 14.5 Å². The lowest BCUT2D eigenvalue weighted by molar-refractivity contribution is 0.341. The van der Waals surface area contributed by atoms with E-state index in [1.165, 1.54) is 4.31 Å². The molecule has 0 radical (unpaired) electrons. The minimum absolute atomic E-state index is 0.287. The number of hydrogen-bond acceptors (Lipinski definition) is 7. The largest absolute Gasteiger partial charge is 0.497 e. The Hall–Kier alpha value is -2.36. The molecule has 1 fully saturated rings. The SMILES string of the molecule is CCOc1ccc2nc(N3CCN(S(=O)(=O)c4ccc(OC)cc4)CC3)sc2c1. The van der Waals surface area contributed by atoms with Crippen LogP contribution in [0.25, 0.3) is 10.2 Å². The van der Waals surface area contributed by atoms with Gasteiger partial charge in [0.25, 0.3) is 0 Å². The van der Waals surface area contributed by atoms with Gasteiger partial charge in [0.2, 0.25) is 10.0 Å². The van der Waals surface area contributed by atoms with Gasteiger partial charge in [-0.25, -0.2) is 13.4 Å². The molecule has 4 rings (SSSR count). The van der Waals surface area contributed by atoms with Crippen molar-refractivity contribution in [2.45, 2.75) is 11.8 Å². The Balaban J connectivity index is 1.46. The van der Waals surface area contributed by atoms with E-state index in [0.29, 0.717) is 38.5 Å². The molecule has 0 atom stereocenters. The average molecular weight is 434 g/mol. The number of rotatable bonds is 6. The van der Waals surface area contributed by atoms with E-state index < -0.39 is 10.0 Å². The molecule has 0 aliphatic carbocycles. The highest BCUT2D eigenvalue weighted by atomic mass is 32.2. The summed E-state index contributed by atoms with van der Waals surface area (Å²) in [6.07, 6.45) is 0. The second-order valence-corrected chi connectivity index (χ2v) is 9.57. The quantitative estimate of drug-likeness (QED) is 0.594. The van der Waals surface area contributed by atoms with Gasteiger partial charge in [-0.1, -0.05) is 11.3 Å². The lowest BCUT2D eigenvalue weighted by Gasteiger charge is -2.33. The molecule has 0 N–H and O–H groups in total. The molecule has 1 aliphatic heterocycles. The fourth-order valence-corrected chi connectivity index (χ4v) is 5.77. The van der Waals surface area contributed by atoms with Gasteiger partial charge in [0.05, 0.1) is 28.8 Å². The number of sulfonamides is 1. The predicted octanol–water partition coefficient (Wildman–Crippen LogP) is 3.21. The summed E-state index contributed by atoms with van der Waals surface area (Å²) in [5.41, 5.74) is 0.932. The molecule has 7 nitrogen and oxygen atoms in total. The standard InChI is InChI=1S/C20H23N3O4S2/c1-3-27-16-6-9-18-19(14-16)28-20(21-18)22-10-12-23(13-11-22)29(24,25)17-7-4-15(26-2)5-8-17/h4-9,14H,3,10-13H2,1-2H3. The highest BCUT2D eigenvalue weighted by Crippen LogP contribution is 2.32. The molecule has 154 valence electrons. The van der Waals surface area contributed by atoms with Crippen LogP contribution in [0, 0.1) is 0 Å². The number of aromatic nitrogens is 1. The average Bonchev–Trinajstić information content (AvgIpc) is 3.17. The van der Waals surface area contributed by atoms with Crippen molar-refractivity contribution in [2.75, 3.05) is 44.8 Å². The van der Waals surface area contributed by atoms with Crippen molar-refractivity contribution in [3.8, 4) is 11.5 Å². The van der Waals surface area contributed by atoms with Crippen LogP contribution >= 0.6 is 11.3 Å². The van der Waals surface area contributed by atoms with E-state index in [-0.39, 0.29) is 4.90 Å². The zero-order chi connectivity index (χ0) is 20.4. The topological polar surface area (TPSA) is 72.0 Å². The molecule has 0 bridgehead atoms. The third kappa shape index (κ3) is 4.03. The molecule has 0 saturated carbocycles. The van der Waals surface area contributed by atoms with Crippen LogP contribution in [0.4, 0.5) is 5.13 Å². The van der Waals surface area contributed by atoms with E-state index in [1.807, 2.05) is 25.1 Å². The zero-order valence-corrected chi connectivity index (χ0v) is 18.0. The maximum absolute atomic E-state index is 12.9. The normalized spacial score (nSPS) is 15.6. The number of fused-ring (bicyclic) bond motifs is 1. The fourth-order valence-electron chi connectivity index (χ4n) is 3.30. The Morgan fingerprint density at radius 1 is 1.03 bits per heavy atom. The third-order valence-electron chi connectivity index (χ3n) is 4.87. The number of anilines is 1. The Bertz CT molecular complexity index is 1090. The van der Waals surface area contributed by atoms with Gasteiger partial charge in [-0.15, -0.1) is 0 Å². The van der Waals surface area contributed by atoms with Crippen molar-refractivity contribution in [3.05, 3.63) is 42.5 Å². The van der Waals surface area contributed by atoms with Crippen molar-refractivity contribution in [1.82, 2.24) is 9.29 Å². The van der Waals surface area contributed by atoms with Crippen molar-refractivity contribution < 1.29 is 17.9 Å². The summed E-state index contributed by atoms with van der Waals surface area (Å²) in [6.45, 7) is 4.65. The van der Waals surface area contributed by atoms with Crippen molar-refractivity contribution in [1.29, 1.82) is 0 Å². The highest BCUT2D eigenvalue weighted by Gasteiger charge is 2.29. The molecule has 3 aromatic rings. The Morgan fingerprint density at radius 3 is 2.38 bits per heavy atom. The summed E-state index contributed by atoms with van der Waals surface area (Å²) in [7, 11) is -1.95. The van der Waals surface area contributed by atoms with Gasteiger partial charge in [-0.2, -0.15) is 4.31 Å². The molecule has 9 heteroatoms. The number of hydrogen-bond donors (Lipinski definition) is 0. The van der Waals surface area contributed by atoms with Crippen LogP contribution in [0.2, 0.25) is 0 Å². The number of piperazine rings is 1. The van der Waals surface area contributed by atoms with Gasteiger partial charge >= 0.3 is 0 Å². The molecule has 29 heavy (non-hydrogen) atoms. The van der Waals surface area contributed by atoms with Crippen LogP contribution in [0.3, 0.4) is 0 Å². The summed E-state index contributed by atoms with van der Waals surface area (Å²) in [6, 6.07) is 12.4. The second kappa shape index (κ2) is 8.17. The molecule has 2 heterocycles. The first-order valence-electron chi connectivity index (χ1n) is 9.44. The molecule has 2 aromatic carbocycles. The minimum Gasteiger partial charge on any atom is -0.497 e. The van der Waals surface area contributed by atoms with Crippen molar-refractivity contribution in [3.63, 3.8) is 0 Å². The fraction of sp³-hybridized carbons (Fsp3) is 0.350. The number of benzene rings is 2. The summed E-state index contributed by atoms with van der Waals surface area (Å²) in [5, 5.41) is 0.912. The van der Waals surface area contributed by atoms with Crippen molar-refractivity contribution in [2.24, 2.45) is 0 Å². The van der Waals surface area contributed by atoms with E-state index in [0.717, 1.165) is 21.1 Å². The molecular weight excluding hydrogens is 410 g/mol. The number of methoxy groups -OCH3 is 1. The molecular formula is C20H23N3O4S2. The first-order chi connectivity index (χ1) is 14.0. The van der Waals surface area contributed by atoms with Gasteiger partial charge in [-0.3, -0.25) is 0 Å². The van der Waals surface area contributed by atoms with E-state index in [2.05, 4.69) is 4.90 Å². The minimum atomic E-state index is -3.51. The number of thiazole rings is 1. The summed E-state index contributed by atoms with van der Waals surface area (Å²) < 4.78 is 39.1. The summed E-state index contributed by atoms with van der Waals surface area (Å²) in [5.74, 6) is 1.47. The van der Waals surface area contributed by atoms with E-state index in [9.17, 15) is 8.42 Å². The lowest BCUT2D eigenvalue weighted by atomic mass is 10.3. The Morgan fingerprint density at radius 2 is 1.72 bits per heavy atom. The Kier molecular flexibility index (Phi) is 5.62. The predicted molar refractivity (Wildman–Crippen MR) is 115 cm³/mol. The summed E-state index contributed by atoms with van der Waals surface area (Å²) >= 11 is 1.61. The van der Waals surface area contributed by atoms with Gasteiger partial charge in [0.15, 0.2) is 5.13 Å². The van der Waals surface area contributed by atoms with Crippen LogP contribution in [-0.4, -0.2) is 57.6 Å². The van der Waals surface area contributed by atoms with Crippen LogP contribution in [0.1, 0.15) is 6.92 Å². The second-order valence-electron chi connectivity index (χ2n) is 6.63. The van der Waals surface area contributed by atoms with Gasteiger partial charge < -0.3 is 14.4 Å². The smallest absolute Gasteiger partial charge is 0.243 e. The molecule has 1 aromatic heterocycles. The van der Waals surface area contributed by atoms with E-state index >= 15 is 0 Å². The first-order valence-corrected chi connectivity index (χ1v) is 11.7. The molecule has 1 saturated heterocycles. The molecule has 0 amide bonds. The monoisotopic (exact) mass is 433 g/mol. The third-order valence-corrected chi connectivity index (χ3v) is 7.86. The highest BCUT2D eigenvalue weighted by molar-refractivity contribution is 7.89. The van der Waals surface area contributed by atoms with Crippen LogP contribution in [0.15, 0.2) is 47.4 Å². The zero-order valence-electron chi connectivity index (χ0n) is 16.4. The van der Waals surface area contributed by atoms with Gasteiger partial charge in [0, 0.05) is 26.2 Å². The van der Waals surface area contributed by atoms with Crippen LogP contribution in [-0.2, 0) is 10.0 Å². The molecule has 0 spiro atoms. The maximum Gasteiger partial charge on any atom is 0.243 e. The van der Waals surface area contributed by atoms with Gasteiger partial charge in [0.1, 0.15) is 11.5 Å². The first kappa shape index (κ1) is 19.9. The number of ether oxygens (including phenoxy) is 2. The van der Waals surface area contributed by atoms with Crippen LogP contribution < -0.4 is 14.4 Å². The van der Waals surface area contributed by atoms with Crippen LogP contribution in [0.5, 0.6) is 11.5 Å². The maximum atomic E-state index is 12.9. The van der Waals surface area contributed by atoms with Crippen molar-refractivity contribution >= 4 is 36.7 Å². The van der Waals surface area contributed by atoms with E-state index in [1.54, 1.807) is 42.7 Å².